The van der Waals surface area contributed by atoms with Crippen LogP contribution in [-0.4, -0.2) is 56.4 Å². The van der Waals surface area contributed by atoms with Gasteiger partial charge in [-0.05, 0) is 30.3 Å². The number of carbonyl (C=O) groups excluding carboxylic acids is 1. The van der Waals surface area contributed by atoms with Crippen LogP contribution in [-0.2, 0) is 6.18 Å². The highest BCUT2D eigenvalue weighted by atomic mass is 19.4. The maximum atomic E-state index is 12.9. The van der Waals surface area contributed by atoms with Crippen molar-refractivity contribution in [2.45, 2.75) is 12.3 Å². The summed E-state index contributed by atoms with van der Waals surface area (Å²) in [6, 6.07) is 12.4. The summed E-state index contributed by atoms with van der Waals surface area (Å²) >= 11 is 0. The Balaban J connectivity index is 1.26. The lowest BCUT2D eigenvalue weighted by atomic mass is 10.1. The monoisotopic (exact) mass is 421 g/mol. The number of carbonyl (C=O) groups is 1. The number of amides is 2. The fraction of sp³-hybridized carbons (Fsp3) is 0.381. The van der Waals surface area contributed by atoms with E-state index in [0.717, 1.165) is 12.1 Å². The van der Waals surface area contributed by atoms with E-state index >= 15 is 0 Å². The summed E-state index contributed by atoms with van der Waals surface area (Å²) in [7, 11) is 0. The predicted octanol–water partition coefficient (Wildman–Crippen LogP) is 3.38. The molecule has 2 aliphatic rings. The third-order valence-corrected chi connectivity index (χ3v) is 5.15. The Labute approximate surface area is 172 Å². The van der Waals surface area contributed by atoms with Gasteiger partial charge < -0.3 is 24.6 Å². The number of hydrogen-bond donors (Lipinski definition) is 1. The third kappa shape index (κ3) is 4.55. The second-order valence-corrected chi connectivity index (χ2v) is 7.21. The van der Waals surface area contributed by atoms with Crippen LogP contribution in [0.15, 0.2) is 48.5 Å². The minimum Gasteiger partial charge on any atom is -0.486 e. The van der Waals surface area contributed by atoms with Crippen LogP contribution in [0.1, 0.15) is 5.56 Å². The van der Waals surface area contributed by atoms with Crippen LogP contribution >= 0.6 is 0 Å². The number of urea groups is 1. The normalized spacial score (nSPS) is 18.8. The molecule has 1 saturated heterocycles. The summed E-state index contributed by atoms with van der Waals surface area (Å²) in [5.41, 5.74) is -0.159. The third-order valence-electron chi connectivity index (χ3n) is 5.15. The van der Waals surface area contributed by atoms with Gasteiger partial charge in [0.1, 0.15) is 6.61 Å². The highest BCUT2D eigenvalue weighted by Gasteiger charge is 2.31. The van der Waals surface area contributed by atoms with Crippen LogP contribution < -0.4 is 19.7 Å². The van der Waals surface area contributed by atoms with Gasteiger partial charge in [-0.2, -0.15) is 13.2 Å². The lowest BCUT2D eigenvalue weighted by molar-refractivity contribution is -0.137. The number of hydrogen-bond acceptors (Lipinski definition) is 4. The number of anilines is 1. The molecule has 6 nitrogen and oxygen atoms in total. The van der Waals surface area contributed by atoms with Gasteiger partial charge in [-0.3, -0.25) is 0 Å². The van der Waals surface area contributed by atoms with Gasteiger partial charge in [-0.25, -0.2) is 4.79 Å². The van der Waals surface area contributed by atoms with Crippen LogP contribution in [0, 0.1) is 0 Å². The lowest BCUT2D eigenvalue weighted by Crippen LogP contribution is -2.53. The Morgan fingerprint density at radius 1 is 1.03 bits per heavy atom. The van der Waals surface area contributed by atoms with Crippen LogP contribution in [0.5, 0.6) is 11.5 Å². The second-order valence-electron chi connectivity index (χ2n) is 7.21. The predicted molar refractivity (Wildman–Crippen MR) is 105 cm³/mol. The van der Waals surface area contributed by atoms with Gasteiger partial charge in [-0.15, -0.1) is 0 Å². The van der Waals surface area contributed by atoms with E-state index in [1.54, 1.807) is 11.0 Å². The number of piperazine rings is 1. The number of alkyl halides is 3. The van der Waals surface area contributed by atoms with Crippen molar-refractivity contribution in [1.82, 2.24) is 10.2 Å². The van der Waals surface area contributed by atoms with Gasteiger partial charge >= 0.3 is 12.2 Å². The molecule has 2 aliphatic heterocycles. The first kappa shape index (κ1) is 20.2. The zero-order valence-electron chi connectivity index (χ0n) is 16.2. The molecular formula is C21H22F3N3O3. The Morgan fingerprint density at radius 2 is 1.77 bits per heavy atom. The molecule has 2 aromatic carbocycles. The van der Waals surface area contributed by atoms with E-state index in [9.17, 15) is 18.0 Å². The standard InChI is InChI=1S/C21H22F3N3O3/c22-21(23,24)15-4-3-5-16(12-15)26-8-10-27(11-9-26)20(28)25-13-17-14-29-18-6-1-2-7-19(18)30-17/h1-7,12,17H,8-11,13-14H2,(H,25,28)/t17-/m0/s1. The van der Waals surface area contributed by atoms with Crippen molar-refractivity contribution in [2.24, 2.45) is 0 Å². The van der Waals surface area contributed by atoms with Gasteiger partial charge in [0.15, 0.2) is 17.6 Å². The number of nitrogens with zero attached hydrogens (tertiary/aromatic N) is 2. The average Bonchev–Trinajstić information content (AvgIpc) is 2.77. The lowest BCUT2D eigenvalue weighted by Gasteiger charge is -2.36. The molecule has 4 rings (SSSR count). The first-order valence-corrected chi connectivity index (χ1v) is 9.73. The molecular weight excluding hydrogens is 399 g/mol. The quantitative estimate of drug-likeness (QED) is 0.826. The van der Waals surface area contributed by atoms with Crippen molar-refractivity contribution in [3.8, 4) is 11.5 Å². The molecule has 2 aromatic rings. The van der Waals surface area contributed by atoms with Gasteiger partial charge in [0.05, 0.1) is 12.1 Å². The Hall–Kier alpha value is -3.10. The average molecular weight is 421 g/mol. The van der Waals surface area contributed by atoms with Crippen molar-refractivity contribution < 1.29 is 27.4 Å². The summed E-state index contributed by atoms with van der Waals surface area (Å²) in [5, 5.41) is 2.85. The van der Waals surface area contributed by atoms with E-state index in [2.05, 4.69) is 5.32 Å². The van der Waals surface area contributed by atoms with Crippen molar-refractivity contribution in [3.63, 3.8) is 0 Å². The molecule has 2 heterocycles. The fourth-order valence-corrected chi connectivity index (χ4v) is 3.52. The van der Waals surface area contributed by atoms with Gasteiger partial charge in [0.25, 0.3) is 0 Å². The molecule has 30 heavy (non-hydrogen) atoms. The summed E-state index contributed by atoms with van der Waals surface area (Å²) in [5.74, 6) is 1.34. The van der Waals surface area contributed by atoms with Crippen LogP contribution in [0.4, 0.5) is 23.7 Å². The van der Waals surface area contributed by atoms with Crippen molar-refractivity contribution in [3.05, 3.63) is 54.1 Å². The fourth-order valence-electron chi connectivity index (χ4n) is 3.52. The zero-order chi connectivity index (χ0) is 21.1. The number of rotatable bonds is 3. The molecule has 1 N–H and O–H groups in total. The largest absolute Gasteiger partial charge is 0.486 e. The van der Waals surface area contributed by atoms with Crippen LogP contribution in [0.3, 0.4) is 0 Å². The molecule has 2 amide bonds. The molecule has 0 bridgehead atoms. The molecule has 0 radical (unpaired) electrons. The SMILES string of the molecule is O=C(NC[C@H]1COc2ccccc2O1)N1CCN(c2cccc(C(F)(F)F)c2)CC1. The van der Waals surface area contributed by atoms with Gasteiger partial charge in [0.2, 0.25) is 0 Å². The van der Waals surface area contributed by atoms with Crippen molar-refractivity contribution >= 4 is 11.7 Å². The summed E-state index contributed by atoms with van der Waals surface area (Å²) in [4.78, 5) is 16.0. The number of halogens is 3. The molecule has 1 fully saturated rings. The Kier molecular flexibility index (Phi) is 5.61. The molecule has 9 heteroatoms. The molecule has 0 saturated carbocycles. The number of para-hydroxylation sites is 2. The van der Waals surface area contributed by atoms with Crippen LogP contribution in [0.2, 0.25) is 0 Å². The first-order valence-electron chi connectivity index (χ1n) is 9.73. The van der Waals surface area contributed by atoms with Gasteiger partial charge in [-0.1, -0.05) is 18.2 Å². The summed E-state index contributed by atoms with van der Waals surface area (Å²) in [6.07, 6.45) is -4.65. The topological polar surface area (TPSA) is 54.0 Å². The minimum absolute atomic E-state index is 0.221. The van der Waals surface area contributed by atoms with E-state index in [1.165, 1.54) is 6.07 Å². The van der Waals surface area contributed by atoms with Crippen molar-refractivity contribution in [1.29, 1.82) is 0 Å². The maximum Gasteiger partial charge on any atom is 0.416 e. The molecule has 0 aliphatic carbocycles. The number of nitrogens with one attached hydrogen (secondary N) is 1. The van der Waals surface area contributed by atoms with E-state index < -0.39 is 11.7 Å². The summed E-state index contributed by atoms with van der Waals surface area (Å²) < 4.78 is 50.2. The first-order chi connectivity index (χ1) is 14.4. The zero-order valence-corrected chi connectivity index (χ0v) is 16.2. The molecule has 0 spiro atoms. The molecule has 0 aromatic heterocycles. The Bertz CT molecular complexity index is 898. The second kappa shape index (κ2) is 8.33. The van der Waals surface area contributed by atoms with E-state index in [-0.39, 0.29) is 12.1 Å². The molecule has 160 valence electrons. The highest BCUT2D eigenvalue weighted by Crippen LogP contribution is 2.32. The van der Waals surface area contributed by atoms with Crippen molar-refractivity contribution in [2.75, 3.05) is 44.2 Å². The number of benzene rings is 2. The van der Waals surface area contributed by atoms with Gasteiger partial charge in [0, 0.05) is 31.9 Å². The number of ether oxygens (including phenoxy) is 2. The molecule has 1 atom stereocenters. The number of fused-ring (bicyclic) bond motifs is 1. The van der Waals surface area contributed by atoms with E-state index in [4.69, 9.17) is 9.47 Å². The Morgan fingerprint density at radius 3 is 2.50 bits per heavy atom. The smallest absolute Gasteiger partial charge is 0.416 e. The van der Waals surface area contributed by atoms with Crippen LogP contribution in [0.25, 0.3) is 0 Å². The van der Waals surface area contributed by atoms with E-state index in [0.29, 0.717) is 56.5 Å². The minimum atomic E-state index is -4.37. The summed E-state index contributed by atoms with van der Waals surface area (Å²) in [6.45, 7) is 2.43. The highest BCUT2D eigenvalue weighted by molar-refractivity contribution is 5.74. The maximum absolute atomic E-state index is 12.9. The molecule has 0 unspecified atom stereocenters. The van der Waals surface area contributed by atoms with E-state index in [1.807, 2.05) is 29.2 Å².